The molecule has 1 aromatic carbocycles. The molecule has 1 unspecified atom stereocenters. The fourth-order valence-electron chi connectivity index (χ4n) is 2.49. The van der Waals surface area contributed by atoms with Crippen LogP contribution in [0.5, 0.6) is 0 Å². The van der Waals surface area contributed by atoms with Crippen molar-refractivity contribution in [2.24, 2.45) is 0 Å². The summed E-state index contributed by atoms with van der Waals surface area (Å²) in [5, 5.41) is 3.58. The first-order valence-electron chi connectivity index (χ1n) is 6.36. The number of benzene rings is 1. The zero-order chi connectivity index (χ0) is 12.4. The molecule has 0 saturated carbocycles. The molecule has 2 aromatic rings. The standard InChI is InChI=1S/C14H16BrN3/c15-12-9-11(13-3-1-2-6-17-13)4-5-14(12)18-8-7-16-10-18/h4-5,7-10,13,17H,1-3,6H2. The normalized spacial score (nSPS) is 19.9. The topological polar surface area (TPSA) is 29.9 Å². The van der Waals surface area contributed by atoms with Crippen molar-refractivity contribution in [2.45, 2.75) is 25.3 Å². The first kappa shape index (κ1) is 11.9. The molecule has 0 radical (unpaired) electrons. The van der Waals surface area contributed by atoms with E-state index in [-0.39, 0.29) is 0 Å². The summed E-state index contributed by atoms with van der Waals surface area (Å²) < 4.78 is 3.13. The van der Waals surface area contributed by atoms with Gasteiger partial charge in [0, 0.05) is 22.9 Å². The number of nitrogens with zero attached hydrogens (tertiary/aromatic N) is 2. The second-order valence-corrected chi connectivity index (χ2v) is 5.54. The van der Waals surface area contributed by atoms with Crippen LogP contribution >= 0.6 is 15.9 Å². The molecule has 94 valence electrons. The van der Waals surface area contributed by atoms with E-state index in [4.69, 9.17) is 0 Å². The van der Waals surface area contributed by atoms with Crippen LogP contribution in [0.2, 0.25) is 0 Å². The Hall–Kier alpha value is -1.13. The van der Waals surface area contributed by atoms with Crippen LogP contribution in [0.25, 0.3) is 5.69 Å². The molecule has 1 atom stereocenters. The van der Waals surface area contributed by atoms with Crippen LogP contribution in [0.1, 0.15) is 30.9 Å². The van der Waals surface area contributed by atoms with Crippen molar-refractivity contribution in [2.75, 3.05) is 6.54 Å². The van der Waals surface area contributed by atoms with Gasteiger partial charge in [-0.2, -0.15) is 0 Å². The molecule has 2 heterocycles. The molecule has 1 saturated heterocycles. The summed E-state index contributed by atoms with van der Waals surface area (Å²) in [4.78, 5) is 4.08. The number of aromatic nitrogens is 2. The Bertz CT molecular complexity index is 516. The molecule has 0 spiro atoms. The van der Waals surface area contributed by atoms with Gasteiger partial charge in [0.15, 0.2) is 0 Å². The quantitative estimate of drug-likeness (QED) is 0.921. The Morgan fingerprint density at radius 1 is 1.33 bits per heavy atom. The van der Waals surface area contributed by atoms with E-state index in [1.54, 1.807) is 6.20 Å². The fraction of sp³-hybridized carbons (Fsp3) is 0.357. The number of hydrogen-bond donors (Lipinski definition) is 1. The van der Waals surface area contributed by atoms with E-state index in [0.717, 1.165) is 16.7 Å². The Labute approximate surface area is 115 Å². The molecule has 0 aliphatic carbocycles. The average Bonchev–Trinajstić information content (AvgIpc) is 2.93. The van der Waals surface area contributed by atoms with Crippen molar-refractivity contribution in [1.29, 1.82) is 0 Å². The highest BCUT2D eigenvalue weighted by Crippen LogP contribution is 2.28. The predicted octanol–water partition coefficient (Wildman–Crippen LogP) is 3.45. The lowest BCUT2D eigenvalue weighted by atomic mass is 9.97. The summed E-state index contributed by atoms with van der Waals surface area (Å²) in [7, 11) is 0. The minimum absolute atomic E-state index is 0.506. The smallest absolute Gasteiger partial charge is 0.0992 e. The summed E-state index contributed by atoms with van der Waals surface area (Å²) in [5.74, 6) is 0. The van der Waals surface area contributed by atoms with Crippen LogP contribution in [0.4, 0.5) is 0 Å². The van der Waals surface area contributed by atoms with Gasteiger partial charge in [-0.25, -0.2) is 4.98 Å². The maximum Gasteiger partial charge on any atom is 0.0992 e. The van der Waals surface area contributed by atoms with Gasteiger partial charge in [0.2, 0.25) is 0 Å². The van der Waals surface area contributed by atoms with Gasteiger partial charge in [-0.1, -0.05) is 12.5 Å². The molecule has 18 heavy (non-hydrogen) atoms. The molecular weight excluding hydrogens is 290 g/mol. The largest absolute Gasteiger partial charge is 0.310 e. The summed E-state index contributed by atoms with van der Waals surface area (Å²) in [6.45, 7) is 1.13. The Morgan fingerprint density at radius 3 is 2.94 bits per heavy atom. The highest BCUT2D eigenvalue weighted by atomic mass is 79.9. The third-order valence-electron chi connectivity index (χ3n) is 3.47. The van der Waals surface area contributed by atoms with Crippen molar-refractivity contribution in [3.63, 3.8) is 0 Å². The van der Waals surface area contributed by atoms with Crippen molar-refractivity contribution >= 4 is 15.9 Å². The number of hydrogen-bond acceptors (Lipinski definition) is 2. The monoisotopic (exact) mass is 305 g/mol. The van der Waals surface area contributed by atoms with Gasteiger partial charge < -0.3 is 9.88 Å². The van der Waals surface area contributed by atoms with Gasteiger partial charge in [-0.15, -0.1) is 0 Å². The van der Waals surface area contributed by atoms with E-state index in [1.165, 1.54) is 24.8 Å². The van der Waals surface area contributed by atoms with Crippen LogP contribution in [0.15, 0.2) is 41.4 Å². The lowest BCUT2D eigenvalue weighted by Crippen LogP contribution is -2.26. The molecule has 0 bridgehead atoms. The van der Waals surface area contributed by atoms with Crippen LogP contribution in [-0.2, 0) is 0 Å². The molecule has 3 nitrogen and oxygen atoms in total. The number of imidazole rings is 1. The zero-order valence-electron chi connectivity index (χ0n) is 10.1. The van der Waals surface area contributed by atoms with Crippen molar-refractivity contribution in [1.82, 2.24) is 14.9 Å². The third-order valence-corrected chi connectivity index (χ3v) is 4.10. The molecular formula is C14H16BrN3. The third kappa shape index (κ3) is 2.35. The van der Waals surface area contributed by atoms with Gasteiger partial charge in [-0.3, -0.25) is 0 Å². The zero-order valence-corrected chi connectivity index (χ0v) is 11.7. The summed E-state index contributed by atoms with van der Waals surface area (Å²) in [6.07, 6.45) is 9.42. The van der Waals surface area contributed by atoms with E-state index in [1.807, 2.05) is 17.1 Å². The maximum absolute atomic E-state index is 4.08. The lowest BCUT2D eigenvalue weighted by molar-refractivity contribution is 0.412. The minimum Gasteiger partial charge on any atom is -0.310 e. The van der Waals surface area contributed by atoms with Gasteiger partial charge in [0.1, 0.15) is 0 Å². The number of nitrogens with one attached hydrogen (secondary N) is 1. The highest BCUT2D eigenvalue weighted by molar-refractivity contribution is 9.10. The van der Waals surface area contributed by atoms with E-state index in [9.17, 15) is 0 Å². The van der Waals surface area contributed by atoms with Crippen molar-refractivity contribution in [3.8, 4) is 5.69 Å². The molecule has 1 aliphatic heterocycles. The van der Waals surface area contributed by atoms with Crippen molar-refractivity contribution < 1.29 is 0 Å². The van der Waals surface area contributed by atoms with Crippen LogP contribution in [0, 0.1) is 0 Å². The highest BCUT2D eigenvalue weighted by Gasteiger charge is 2.15. The molecule has 0 amide bonds. The molecule has 1 fully saturated rings. The van der Waals surface area contributed by atoms with Crippen LogP contribution in [0.3, 0.4) is 0 Å². The summed E-state index contributed by atoms with van der Waals surface area (Å²) >= 11 is 3.66. The van der Waals surface area contributed by atoms with Crippen LogP contribution < -0.4 is 5.32 Å². The predicted molar refractivity (Wildman–Crippen MR) is 75.9 cm³/mol. The lowest BCUT2D eigenvalue weighted by Gasteiger charge is -2.24. The molecule has 3 rings (SSSR count). The molecule has 4 heteroatoms. The second-order valence-electron chi connectivity index (χ2n) is 4.68. The van der Waals surface area contributed by atoms with E-state index in [2.05, 4.69) is 44.4 Å². The van der Waals surface area contributed by atoms with Crippen LogP contribution in [-0.4, -0.2) is 16.1 Å². The van der Waals surface area contributed by atoms with Gasteiger partial charge in [-0.05, 0) is 53.0 Å². The SMILES string of the molecule is Brc1cc(C2CCCCN2)ccc1-n1ccnc1. The van der Waals surface area contributed by atoms with E-state index in [0.29, 0.717) is 6.04 Å². The number of piperidine rings is 1. The van der Waals surface area contributed by atoms with E-state index < -0.39 is 0 Å². The number of rotatable bonds is 2. The molecule has 1 aromatic heterocycles. The second kappa shape index (κ2) is 5.24. The molecule has 1 aliphatic rings. The maximum atomic E-state index is 4.08. The fourth-order valence-corrected chi connectivity index (χ4v) is 3.09. The van der Waals surface area contributed by atoms with E-state index >= 15 is 0 Å². The van der Waals surface area contributed by atoms with Gasteiger partial charge in [0.25, 0.3) is 0 Å². The van der Waals surface area contributed by atoms with Crippen molar-refractivity contribution in [3.05, 3.63) is 47.0 Å². The Morgan fingerprint density at radius 2 is 2.28 bits per heavy atom. The summed E-state index contributed by atoms with van der Waals surface area (Å²) in [6, 6.07) is 7.09. The first-order valence-corrected chi connectivity index (χ1v) is 7.15. The first-order chi connectivity index (χ1) is 8.84. The molecule has 1 N–H and O–H groups in total. The summed E-state index contributed by atoms with van der Waals surface area (Å²) in [5.41, 5.74) is 2.50. The Balaban J connectivity index is 1.89. The van der Waals surface area contributed by atoms with Gasteiger partial charge >= 0.3 is 0 Å². The Kier molecular flexibility index (Phi) is 3.48. The average molecular weight is 306 g/mol. The number of halogens is 1. The minimum atomic E-state index is 0.506. The van der Waals surface area contributed by atoms with Gasteiger partial charge in [0.05, 0.1) is 12.0 Å².